The smallest absolute Gasteiger partial charge is 0.326 e. The summed E-state index contributed by atoms with van der Waals surface area (Å²) in [6.07, 6.45) is 2.53. The highest BCUT2D eigenvalue weighted by molar-refractivity contribution is 5.97. The number of carboxylic acids is 2. The molecule has 166 valence electrons. The standard InChI is InChI=1S/C20H21N7O5/c1-27(10-12-8-22-17-15(24-12)9-23-20(21)26-17)13-4-2-11(3-5-13)18(30)25-14(19(31)32)6-7-16(28)29/h2-5,8-9,14H,6-7,10H2,1H3,(H,25,30)(H,28,29)(H,31,32)(H2,21,22,23,26). The van der Waals surface area contributed by atoms with Crippen molar-refractivity contribution in [2.75, 3.05) is 17.7 Å². The molecular weight excluding hydrogens is 418 g/mol. The first-order valence-corrected chi connectivity index (χ1v) is 9.53. The van der Waals surface area contributed by atoms with E-state index in [1.54, 1.807) is 30.5 Å². The van der Waals surface area contributed by atoms with Gasteiger partial charge in [0.25, 0.3) is 5.91 Å². The van der Waals surface area contributed by atoms with Crippen LogP contribution in [0.5, 0.6) is 0 Å². The maximum atomic E-state index is 12.4. The molecule has 0 spiro atoms. The maximum absolute atomic E-state index is 12.4. The quantitative estimate of drug-likeness (QED) is 0.367. The molecule has 0 saturated heterocycles. The minimum atomic E-state index is -1.29. The lowest BCUT2D eigenvalue weighted by molar-refractivity contribution is -0.140. The highest BCUT2D eigenvalue weighted by atomic mass is 16.4. The molecule has 1 unspecified atom stereocenters. The van der Waals surface area contributed by atoms with Crippen molar-refractivity contribution in [1.29, 1.82) is 0 Å². The Hall–Kier alpha value is -4.35. The van der Waals surface area contributed by atoms with Gasteiger partial charge in [-0.1, -0.05) is 0 Å². The molecule has 3 rings (SSSR count). The number of fused-ring (bicyclic) bond motifs is 1. The summed E-state index contributed by atoms with van der Waals surface area (Å²) in [5.41, 5.74) is 8.19. The third kappa shape index (κ3) is 5.62. The molecule has 0 bridgehead atoms. The summed E-state index contributed by atoms with van der Waals surface area (Å²) >= 11 is 0. The Balaban J connectivity index is 1.65. The first-order valence-electron chi connectivity index (χ1n) is 9.53. The van der Waals surface area contributed by atoms with E-state index in [1.165, 1.54) is 6.20 Å². The molecule has 0 radical (unpaired) electrons. The van der Waals surface area contributed by atoms with Crippen molar-refractivity contribution < 1.29 is 24.6 Å². The summed E-state index contributed by atoms with van der Waals surface area (Å²) in [5.74, 6) is -2.90. The number of benzene rings is 1. The van der Waals surface area contributed by atoms with E-state index in [9.17, 15) is 19.5 Å². The highest BCUT2D eigenvalue weighted by Crippen LogP contribution is 2.17. The topological polar surface area (TPSA) is 185 Å². The minimum Gasteiger partial charge on any atom is -0.481 e. The molecule has 1 amide bonds. The fourth-order valence-electron chi connectivity index (χ4n) is 2.92. The van der Waals surface area contributed by atoms with Gasteiger partial charge in [-0.3, -0.25) is 9.59 Å². The number of hydrogen-bond donors (Lipinski definition) is 4. The minimum absolute atomic E-state index is 0.123. The summed E-state index contributed by atoms with van der Waals surface area (Å²) in [6.45, 7) is 0.426. The van der Waals surface area contributed by atoms with Crippen LogP contribution in [0.1, 0.15) is 28.9 Å². The van der Waals surface area contributed by atoms with Crippen molar-refractivity contribution in [2.45, 2.75) is 25.4 Å². The summed E-state index contributed by atoms with van der Waals surface area (Å²) in [5, 5.41) is 20.2. The van der Waals surface area contributed by atoms with Crippen LogP contribution in [-0.4, -0.2) is 61.1 Å². The molecule has 0 aliphatic rings. The number of anilines is 2. The Bertz CT molecular complexity index is 1150. The number of rotatable bonds is 9. The van der Waals surface area contributed by atoms with Gasteiger partial charge in [0, 0.05) is 24.7 Å². The van der Waals surface area contributed by atoms with Gasteiger partial charge in [0.15, 0.2) is 5.65 Å². The summed E-state index contributed by atoms with van der Waals surface area (Å²) in [4.78, 5) is 52.8. The molecular formula is C20H21N7O5. The summed E-state index contributed by atoms with van der Waals surface area (Å²) in [7, 11) is 1.84. The Morgan fingerprint density at radius 3 is 2.47 bits per heavy atom. The normalized spacial score (nSPS) is 11.7. The first kappa shape index (κ1) is 22.3. The third-order valence-corrected chi connectivity index (χ3v) is 4.59. The number of nitrogens with zero attached hydrogens (tertiary/aromatic N) is 5. The fraction of sp³-hybridized carbons (Fsp3) is 0.250. The second-order valence-corrected chi connectivity index (χ2v) is 7.00. The molecule has 1 aromatic carbocycles. The predicted octanol–water partition coefficient (Wildman–Crippen LogP) is 0.686. The van der Waals surface area contributed by atoms with Crippen molar-refractivity contribution >= 4 is 40.6 Å². The second-order valence-electron chi connectivity index (χ2n) is 7.00. The largest absolute Gasteiger partial charge is 0.481 e. The van der Waals surface area contributed by atoms with Gasteiger partial charge in [-0.15, -0.1) is 0 Å². The zero-order chi connectivity index (χ0) is 23.3. The molecule has 2 heterocycles. The molecule has 0 aliphatic carbocycles. The van der Waals surface area contributed by atoms with E-state index in [0.717, 1.165) is 5.69 Å². The maximum Gasteiger partial charge on any atom is 0.326 e. The number of nitrogens with two attached hydrogens (primary N) is 1. The molecule has 12 heteroatoms. The molecule has 12 nitrogen and oxygen atoms in total. The monoisotopic (exact) mass is 439 g/mol. The number of aliphatic carboxylic acids is 2. The van der Waals surface area contributed by atoms with Gasteiger partial charge in [0.2, 0.25) is 5.95 Å². The molecule has 2 aromatic heterocycles. The van der Waals surface area contributed by atoms with Gasteiger partial charge >= 0.3 is 11.9 Å². The number of carbonyl (C=O) groups excluding carboxylic acids is 1. The van der Waals surface area contributed by atoms with Crippen LogP contribution >= 0.6 is 0 Å². The van der Waals surface area contributed by atoms with Gasteiger partial charge in [0.05, 0.1) is 24.6 Å². The van der Waals surface area contributed by atoms with Gasteiger partial charge in [-0.25, -0.2) is 19.7 Å². The molecule has 32 heavy (non-hydrogen) atoms. The van der Waals surface area contributed by atoms with Crippen molar-refractivity contribution in [3.05, 3.63) is 47.9 Å². The lowest BCUT2D eigenvalue weighted by Gasteiger charge is -2.19. The van der Waals surface area contributed by atoms with Gasteiger partial charge in [-0.2, -0.15) is 4.98 Å². The van der Waals surface area contributed by atoms with Crippen LogP contribution in [0, 0.1) is 0 Å². The first-order chi connectivity index (χ1) is 15.2. The molecule has 0 saturated carbocycles. The Morgan fingerprint density at radius 1 is 1.09 bits per heavy atom. The van der Waals surface area contributed by atoms with Crippen molar-refractivity contribution in [2.24, 2.45) is 0 Å². The van der Waals surface area contributed by atoms with E-state index in [0.29, 0.717) is 23.4 Å². The van der Waals surface area contributed by atoms with Crippen molar-refractivity contribution in [1.82, 2.24) is 25.3 Å². The van der Waals surface area contributed by atoms with Crippen LogP contribution in [0.25, 0.3) is 11.2 Å². The van der Waals surface area contributed by atoms with E-state index >= 15 is 0 Å². The lowest BCUT2D eigenvalue weighted by atomic mass is 10.1. The number of aromatic nitrogens is 4. The lowest BCUT2D eigenvalue weighted by Crippen LogP contribution is -2.41. The Labute approximate surface area is 182 Å². The van der Waals surface area contributed by atoms with Gasteiger partial charge < -0.3 is 26.2 Å². The summed E-state index contributed by atoms with van der Waals surface area (Å²) in [6, 6.07) is 5.24. The van der Waals surface area contributed by atoms with Gasteiger partial charge in [0.1, 0.15) is 11.6 Å². The number of hydrogen-bond acceptors (Lipinski definition) is 9. The third-order valence-electron chi connectivity index (χ3n) is 4.59. The predicted molar refractivity (Wildman–Crippen MR) is 114 cm³/mol. The number of nitrogen functional groups attached to an aromatic ring is 1. The van der Waals surface area contributed by atoms with Crippen molar-refractivity contribution in [3.8, 4) is 0 Å². The fourth-order valence-corrected chi connectivity index (χ4v) is 2.92. The zero-order valence-electron chi connectivity index (χ0n) is 17.1. The highest BCUT2D eigenvalue weighted by Gasteiger charge is 2.21. The Morgan fingerprint density at radius 2 is 1.81 bits per heavy atom. The molecule has 0 fully saturated rings. The van der Waals surface area contributed by atoms with Crippen LogP contribution in [0.15, 0.2) is 36.7 Å². The van der Waals surface area contributed by atoms with Crippen molar-refractivity contribution in [3.63, 3.8) is 0 Å². The van der Waals surface area contributed by atoms with E-state index in [1.807, 2.05) is 11.9 Å². The molecule has 0 aliphatic heterocycles. The number of nitrogens with one attached hydrogen (secondary N) is 1. The van der Waals surface area contributed by atoms with Crippen LogP contribution in [0.4, 0.5) is 11.6 Å². The molecule has 3 aromatic rings. The van der Waals surface area contributed by atoms with E-state index < -0.39 is 23.9 Å². The van der Waals surface area contributed by atoms with Crippen LogP contribution < -0.4 is 16.0 Å². The molecule has 1 atom stereocenters. The zero-order valence-corrected chi connectivity index (χ0v) is 17.1. The summed E-state index contributed by atoms with van der Waals surface area (Å²) < 4.78 is 0. The number of amides is 1. The number of carboxylic acid groups (broad SMARTS) is 2. The average Bonchev–Trinajstić information content (AvgIpc) is 2.76. The van der Waals surface area contributed by atoms with E-state index in [4.69, 9.17) is 10.8 Å². The average molecular weight is 439 g/mol. The molecule has 5 N–H and O–H groups in total. The van der Waals surface area contributed by atoms with Gasteiger partial charge in [-0.05, 0) is 30.7 Å². The van der Waals surface area contributed by atoms with E-state index in [-0.39, 0.29) is 24.4 Å². The number of carbonyl (C=O) groups is 3. The van der Waals surface area contributed by atoms with Crippen LogP contribution in [0.2, 0.25) is 0 Å². The van der Waals surface area contributed by atoms with Crippen LogP contribution in [0.3, 0.4) is 0 Å². The van der Waals surface area contributed by atoms with E-state index in [2.05, 4.69) is 25.3 Å². The Kier molecular flexibility index (Phi) is 6.73. The SMILES string of the molecule is CN(Cc1cnc2nc(N)ncc2n1)c1ccc(C(=O)NC(CCC(=O)O)C(=O)O)cc1. The second kappa shape index (κ2) is 9.64. The van der Waals surface area contributed by atoms with Crippen LogP contribution in [-0.2, 0) is 16.1 Å².